The fourth-order valence-corrected chi connectivity index (χ4v) is 1.92. The Bertz CT molecular complexity index is 578. The first-order valence-corrected chi connectivity index (χ1v) is 5.72. The zero-order valence-corrected chi connectivity index (χ0v) is 10.4. The number of hydrogen-bond donors (Lipinski definition) is 1. The first-order valence-electron chi connectivity index (χ1n) is 5.72. The van der Waals surface area contributed by atoms with Crippen molar-refractivity contribution >= 4 is 17.3 Å². The summed E-state index contributed by atoms with van der Waals surface area (Å²) in [6.07, 6.45) is 0. The summed E-state index contributed by atoms with van der Waals surface area (Å²) < 4.78 is 0. The van der Waals surface area contributed by atoms with E-state index in [2.05, 4.69) is 0 Å². The number of anilines is 2. The van der Waals surface area contributed by atoms with E-state index in [0.717, 1.165) is 11.3 Å². The molecule has 0 saturated heterocycles. The van der Waals surface area contributed by atoms with Crippen molar-refractivity contribution in [2.45, 2.75) is 6.92 Å². The minimum atomic E-state index is -0.912. The highest BCUT2D eigenvalue weighted by atomic mass is 16.4. The summed E-state index contributed by atoms with van der Waals surface area (Å²) in [6.45, 7) is 2.01. The molecule has 0 spiro atoms. The maximum atomic E-state index is 11.2. The molecule has 18 heavy (non-hydrogen) atoms. The van der Waals surface area contributed by atoms with Crippen molar-refractivity contribution in [3.05, 3.63) is 59.7 Å². The Kier molecular flexibility index (Phi) is 3.33. The van der Waals surface area contributed by atoms with E-state index in [1.807, 2.05) is 55.3 Å². The smallest absolute Gasteiger partial charge is 0.337 e. The molecule has 3 nitrogen and oxygen atoms in total. The number of carboxylic acids is 1. The molecule has 0 aromatic heterocycles. The molecule has 3 heteroatoms. The molecule has 92 valence electrons. The molecular formula is C15H15NO2. The van der Waals surface area contributed by atoms with Crippen LogP contribution in [-0.2, 0) is 0 Å². The second kappa shape index (κ2) is 4.92. The first kappa shape index (κ1) is 12.2. The van der Waals surface area contributed by atoms with Crippen LogP contribution in [-0.4, -0.2) is 18.1 Å². The van der Waals surface area contributed by atoms with E-state index in [4.69, 9.17) is 0 Å². The van der Waals surface area contributed by atoms with Crippen LogP contribution in [0.2, 0.25) is 0 Å². The van der Waals surface area contributed by atoms with Crippen molar-refractivity contribution < 1.29 is 9.90 Å². The predicted molar refractivity (Wildman–Crippen MR) is 72.6 cm³/mol. The van der Waals surface area contributed by atoms with Gasteiger partial charge < -0.3 is 10.0 Å². The molecule has 0 aliphatic carbocycles. The van der Waals surface area contributed by atoms with Crippen LogP contribution in [0.15, 0.2) is 48.5 Å². The average Bonchev–Trinajstić information content (AvgIpc) is 2.38. The lowest BCUT2D eigenvalue weighted by molar-refractivity contribution is 0.0697. The van der Waals surface area contributed by atoms with Gasteiger partial charge in [0.15, 0.2) is 0 Å². The molecule has 0 heterocycles. The van der Waals surface area contributed by atoms with E-state index in [-0.39, 0.29) is 0 Å². The molecule has 0 aliphatic heterocycles. The second-order valence-electron chi connectivity index (χ2n) is 4.22. The molecule has 0 saturated carbocycles. The fraction of sp³-hybridized carbons (Fsp3) is 0.133. The third-order valence-electron chi connectivity index (χ3n) is 2.88. The van der Waals surface area contributed by atoms with Crippen LogP contribution in [0.1, 0.15) is 15.9 Å². The Morgan fingerprint density at radius 2 is 1.83 bits per heavy atom. The highest BCUT2D eigenvalue weighted by Gasteiger charge is 2.13. The lowest BCUT2D eigenvalue weighted by atomic mass is 10.1. The topological polar surface area (TPSA) is 40.5 Å². The molecule has 0 bridgehead atoms. The van der Waals surface area contributed by atoms with Gasteiger partial charge in [0, 0.05) is 12.7 Å². The number of rotatable bonds is 3. The maximum absolute atomic E-state index is 11.2. The number of hydrogen-bond acceptors (Lipinski definition) is 2. The summed E-state index contributed by atoms with van der Waals surface area (Å²) in [5, 5.41) is 9.19. The minimum absolute atomic E-state index is 0.307. The van der Waals surface area contributed by atoms with Crippen LogP contribution >= 0.6 is 0 Å². The number of para-hydroxylation sites is 1. The van der Waals surface area contributed by atoms with E-state index in [9.17, 15) is 9.90 Å². The highest BCUT2D eigenvalue weighted by Crippen LogP contribution is 2.27. The summed E-state index contributed by atoms with van der Waals surface area (Å²) in [6, 6.07) is 15.0. The summed E-state index contributed by atoms with van der Waals surface area (Å²) in [5.74, 6) is -0.912. The highest BCUT2D eigenvalue weighted by molar-refractivity contribution is 5.95. The molecule has 1 N–H and O–H groups in total. The Morgan fingerprint density at radius 3 is 2.50 bits per heavy atom. The van der Waals surface area contributed by atoms with Crippen LogP contribution in [0.4, 0.5) is 11.4 Å². The SMILES string of the molecule is Cc1cccc(N(C)c2ccccc2C(=O)O)c1. The Hall–Kier alpha value is -2.29. The third kappa shape index (κ3) is 2.35. The summed E-state index contributed by atoms with van der Waals surface area (Å²) in [5.41, 5.74) is 3.12. The summed E-state index contributed by atoms with van der Waals surface area (Å²) in [7, 11) is 1.87. The van der Waals surface area contributed by atoms with Crippen molar-refractivity contribution in [3.63, 3.8) is 0 Å². The third-order valence-corrected chi connectivity index (χ3v) is 2.88. The normalized spacial score (nSPS) is 10.1. The lowest BCUT2D eigenvalue weighted by Crippen LogP contribution is -2.13. The van der Waals surface area contributed by atoms with Gasteiger partial charge in [-0.25, -0.2) is 4.79 Å². The minimum Gasteiger partial charge on any atom is -0.478 e. The van der Waals surface area contributed by atoms with Gasteiger partial charge in [-0.1, -0.05) is 24.3 Å². The van der Waals surface area contributed by atoms with E-state index in [1.54, 1.807) is 12.1 Å². The van der Waals surface area contributed by atoms with Crippen LogP contribution in [0.3, 0.4) is 0 Å². The number of benzene rings is 2. The van der Waals surface area contributed by atoms with Crippen molar-refractivity contribution in [1.82, 2.24) is 0 Å². The van der Waals surface area contributed by atoms with Gasteiger partial charge in [-0.15, -0.1) is 0 Å². The maximum Gasteiger partial charge on any atom is 0.337 e. The van der Waals surface area contributed by atoms with E-state index in [0.29, 0.717) is 11.3 Å². The molecule has 0 radical (unpaired) electrons. The van der Waals surface area contributed by atoms with E-state index >= 15 is 0 Å². The Balaban J connectivity index is 2.46. The largest absolute Gasteiger partial charge is 0.478 e. The molecule has 0 unspecified atom stereocenters. The first-order chi connectivity index (χ1) is 8.59. The van der Waals surface area contributed by atoms with E-state index in [1.165, 1.54) is 0 Å². The van der Waals surface area contributed by atoms with Crippen LogP contribution in [0.25, 0.3) is 0 Å². The number of aromatic carboxylic acids is 1. The van der Waals surface area contributed by atoms with Gasteiger partial charge in [-0.05, 0) is 36.8 Å². The van der Waals surface area contributed by atoms with Crippen LogP contribution in [0, 0.1) is 6.92 Å². The standard InChI is InChI=1S/C15H15NO2/c1-11-6-5-7-12(10-11)16(2)14-9-4-3-8-13(14)15(17)18/h3-10H,1-2H3,(H,17,18). The van der Waals surface area contributed by atoms with Gasteiger partial charge >= 0.3 is 5.97 Å². The predicted octanol–water partition coefficient (Wildman–Crippen LogP) is 3.46. The van der Waals surface area contributed by atoms with Gasteiger partial charge in [0.25, 0.3) is 0 Å². The van der Waals surface area contributed by atoms with Gasteiger partial charge in [-0.2, -0.15) is 0 Å². The van der Waals surface area contributed by atoms with Crippen molar-refractivity contribution in [2.75, 3.05) is 11.9 Å². The van der Waals surface area contributed by atoms with Gasteiger partial charge in [0.2, 0.25) is 0 Å². The zero-order valence-electron chi connectivity index (χ0n) is 10.4. The molecule has 0 amide bonds. The van der Waals surface area contributed by atoms with E-state index < -0.39 is 5.97 Å². The van der Waals surface area contributed by atoms with Gasteiger partial charge in [-0.3, -0.25) is 0 Å². The molecule has 0 atom stereocenters. The molecule has 0 aliphatic rings. The van der Waals surface area contributed by atoms with Gasteiger partial charge in [0.05, 0.1) is 11.3 Å². The molecule has 2 aromatic rings. The van der Waals surface area contributed by atoms with Gasteiger partial charge in [0.1, 0.15) is 0 Å². The second-order valence-corrected chi connectivity index (χ2v) is 4.22. The Labute approximate surface area is 106 Å². The number of nitrogens with zero attached hydrogens (tertiary/aromatic N) is 1. The fourth-order valence-electron chi connectivity index (χ4n) is 1.92. The molecule has 0 fully saturated rings. The van der Waals surface area contributed by atoms with Crippen molar-refractivity contribution in [3.8, 4) is 0 Å². The molecule has 2 aromatic carbocycles. The van der Waals surface area contributed by atoms with Crippen molar-refractivity contribution in [2.24, 2.45) is 0 Å². The number of carbonyl (C=O) groups is 1. The Morgan fingerprint density at radius 1 is 1.11 bits per heavy atom. The average molecular weight is 241 g/mol. The number of carboxylic acid groups (broad SMARTS) is 1. The summed E-state index contributed by atoms with van der Waals surface area (Å²) in [4.78, 5) is 13.1. The monoisotopic (exact) mass is 241 g/mol. The lowest BCUT2D eigenvalue weighted by Gasteiger charge is -2.21. The van der Waals surface area contributed by atoms with Crippen molar-refractivity contribution in [1.29, 1.82) is 0 Å². The number of aryl methyl sites for hydroxylation is 1. The van der Waals surface area contributed by atoms with Crippen LogP contribution < -0.4 is 4.90 Å². The quantitative estimate of drug-likeness (QED) is 0.894. The summed E-state index contributed by atoms with van der Waals surface area (Å²) >= 11 is 0. The molecular weight excluding hydrogens is 226 g/mol. The van der Waals surface area contributed by atoms with Crippen LogP contribution in [0.5, 0.6) is 0 Å². The molecule has 2 rings (SSSR count). The zero-order chi connectivity index (χ0) is 13.1.